The number of benzene rings is 1. The van der Waals surface area contributed by atoms with Gasteiger partial charge in [0, 0.05) is 18.9 Å². The standard InChI is InChI=1S/C14H18BrF2NO/c1-10-6-7-11(16)12(13(10)17)14(19)18(2)9-5-3-4-8-15/h6-7H,3-5,8-9H2,1-2H3. The maximum Gasteiger partial charge on any atom is 0.259 e. The highest BCUT2D eigenvalue weighted by Crippen LogP contribution is 2.18. The molecule has 5 heteroatoms. The van der Waals surface area contributed by atoms with Crippen LogP contribution in [0.15, 0.2) is 12.1 Å². The van der Waals surface area contributed by atoms with Crippen molar-refractivity contribution in [2.45, 2.75) is 26.2 Å². The molecule has 0 aliphatic rings. The van der Waals surface area contributed by atoms with E-state index in [1.807, 2.05) is 0 Å². The molecule has 0 radical (unpaired) electrons. The highest BCUT2D eigenvalue weighted by atomic mass is 79.9. The van der Waals surface area contributed by atoms with Gasteiger partial charge in [-0.05, 0) is 31.4 Å². The Hall–Kier alpha value is -0.970. The highest BCUT2D eigenvalue weighted by Gasteiger charge is 2.21. The quantitative estimate of drug-likeness (QED) is 0.571. The van der Waals surface area contributed by atoms with Gasteiger partial charge in [-0.15, -0.1) is 0 Å². The largest absolute Gasteiger partial charge is 0.342 e. The maximum absolute atomic E-state index is 13.8. The Kier molecular flexibility index (Phi) is 6.42. The van der Waals surface area contributed by atoms with E-state index in [9.17, 15) is 13.6 Å². The summed E-state index contributed by atoms with van der Waals surface area (Å²) in [5, 5.41) is 0.922. The number of amides is 1. The second-order valence-corrected chi connectivity index (χ2v) is 5.32. The van der Waals surface area contributed by atoms with Crippen molar-refractivity contribution in [3.63, 3.8) is 0 Å². The van der Waals surface area contributed by atoms with Gasteiger partial charge in [0.05, 0.1) is 0 Å². The van der Waals surface area contributed by atoms with Gasteiger partial charge < -0.3 is 4.90 Å². The van der Waals surface area contributed by atoms with Crippen LogP contribution in [0.1, 0.15) is 35.2 Å². The lowest BCUT2D eigenvalue weighted by atomic mass is 10.1. The Labute approximate surface area is 120 Å². The average Bonchev–Trinajstić information content (AvgIpc) is 2.39. The molecule has 106 valence electrons. The fourth-order valence-electron chi connectivity index (χ4n) is 1.77. The molecule has 19 heavy (non-hydrogen) atoms. The van der Waals surface area contributed by atoms with Crippen LogP contribution in [0.5, 0.6) is 0 Å². The molecule has 0 spiro atoms. The molecule has 0 bridgehead atoms. The molecule has 1 aromatic carbocycles. The molecule has 2 nitrogen and oxygen atoms in total. The molecular formula is C14H18BrF2NO. The van der Waals surface area contributed by atoms with E-state index in [2.05, 4.69) is 15.9 Å². The third-order valence-corrected chi connectivity index (χ3v) is 3.53. The molecule has 0 N–H and O–H groups in total. The van der Waals surface area contributed by atoms with Gasteiger partial charge >= 0.3 is 0 Å². The van der Waals surface area contributed by atoms with Crippen LogP contribution in [0.2, 0.25) is 0 Å². The van der Waals surface area contributed by atoms with Crippen molar-refractivity contribution in [1.82, 2.24) is 4.90 Å². The first kappa shape index (κ1) is 16.1. The number of rotatable bonds is 6. The summed E-state index contributed by atoms with van der Waals surface area (Å²) in [6.45, 7) is 2.01. The summed E-state index contributed by atoms with van der Waals surface area (Å²) in [6.07, 6.45) is 2.82. The smallest absolute Gasteiger partial charge is 0.259 e. The lowest BCUT2D eigenvalue weighted by molar-refractivity contribution is 0.0783. The molecule has 1 aromatic rings. The summed E-state index contributed by atoms with van der Waals surface area (Å²) in [7, 11) is 1.57. The van der Waals surface area contributed by atoms with E-state index >= 15 is 0 Å². The van der Waals surface area contributed by atoms with Crippen LogP contribution in [0.3, 0.4) is 0 Å². The number of carbonyl (C=O) groups is 1. The zero-order valence-corrected chi connectivity index (χ0v) is 12.8. The van der Waals surface area contributed by atoms with Gasteiger partial charge in [0.1, 0.15) is 17.2 Å². The van der Waals surface area contributed by atoms with E-state index in [1.54, 1.807) is 7.05 Å². The number of aryl methyl sites for hydroxylation is 1. The fraction of sp³-hybridized carbons (Fsp3) is 0.500. The van der Waals surface area contributed by atoms with Gasteiger partial charge in [0.15, 0.2) is 0 Å². The fourth-order valence-corrected chi connectivity index (χ4v) is 2.16. The number of unbranched alkanes of at least 4 members (excludes halogenated alkanes) is 2. The van der Waals surface area contributed by atoms with Crippen molar-refractivity contribution in [1.29, 1.82) is 0 Å². The van der Waals surface area contributed by atoms with E-state index in [1.165, 1.54) is 17.9 Å². The number of halogens is 3. The molecule has 0 saturated carbocycles. The van der Waals surface area contributed by atoms with Gasteiger partial charge in [0.2, 0.25) is 0 Å². The summed E-state index contributed by atoms with van der Waals surface area (Å²) in [5.74, 6) is -2.17. The normalized spacial score (nSPS) is 10.6. The molecule has 0 heterocycles. The van der Waals surface area contributed by atoms with E-state index in [0.29, 0.717) is 6.54 Å². The number of hydrogen-bond donors (Lipinski definition) is 0. The molecule has 0 aromatic heterocycles. The first-order valence-electron chi connectivity index (χ1n) is 6.25. The number of carbonyl (C=O) groups excluding carboxylic acids is 1. The monoisotopic (exact) mass is 333 g/mol. The zero-order chi connectivity index (χ0) is 14.4. The molecule has 0 atom stereocenters. The Balaban J connectivity index is 2.74. The maximum atomic E-state index is 13.8. The summed E-state index contributed by atoms with van der Waals surface area (Å²) in [5.41, 5.74) is -0.180. The Morgan fingerprint density at radius 1 is 1.26 bits per heavy atom. The average molecular weight is 334 g/mol. The van der Waals surface area contributed by atoms with Crippen LogP contribution < -0.4 is 0 Å². The zero-order valence-electron chi connectivity index (χ0n) is 11.2. The van der Waals surface area contributed by atoms with Crippen LogP contribution in [0.4, 0.5) is 8.78 Å². The Morgan fingerprint density at radius 2 is 1.95 bits per heavy atom. The minimum absolute atomic E-state index is 0.275. The van der Waals surface area contributed by atoms with Crippen molar-refractivity contribution in [2.75, 3.05) is 18.9 Å². The molecule has 0 aliphatic heterocycles. The third kappa shape index (κ3) is 4.27. The lowest BCUT2D eigenvalue weighted by Gasteiger charge is -2.18. The summed E-state index contributed by atoms with van der Waals surface area (Å²) in [4.78, 5) is 13.4. The summed E-state index contributed by atoms with van der Waals surface area (Å²) < 4.78 is 27.4. The molecule has 1 amide bonds. The predicted octanol–water partition coefficient (Wildman–Crippen LogP) is 3.91. The number of alkyl halides is 1. The van der Waals surface area contributed by atoms with Crippen molar-refractivity contribution >= 4 is 21.8 Å². The third-order valence-electron chi connectivity index (χ3n) is 2.97. The van der Waals surface area contributed by atoms with Crippen LogP contribution >= 0.6 is 15.9 Å². The number of hydrogen-bond acceptors (Lipinski definition) is 1. The summed E-state index contributed by atoms with van der Waals surface area (Å²) in [6, 6.07) is 2.46. The van der Waals surface area contributed by atoms with Gasteiger partial charge in [-0.2, -0.15) is 0 Å². The minimum atomic E-state index is -0.805. The molecule has 1 rings (SSSR count). The summed E-state index contributed by atoms with van der Waals surface area (Å²) >= 11 is 3.33. The molecular weight excluding hydrogens is 316 g/mol. The minimum Gasteiger partial charge on any atom is -0.342 e. The van der Waals surface area contributed by atoms with E-state index < -0.39 is 23.1 Å². The van der Waals surface area contributed by atoms with Crippen molar-refractivity contribution in [3.8, 4) is 0 Å². The van der Waals surface area contributed by atoms with Gasteiger partial charge in [-0.25, -0.2) is 8.78 Å². The van der Waals surface area contributed by atoms with Crippen molar-refractivity contribution in [2.24, 2.45) is 0 Å². The van der Waals surface area contributed by atoms with E-state index in [0.717, 1.165) is 30.7 Å². The van der Waals surface area contributed by atoms with Crippen molar-refractivity contribution < 1.29 is 13.6 Å². The second kappa shape index (κ2) is 7.58. The second-order valence-electron chi connectivity index (χ2n) is 4.53. The topological polar surface area (TPSA) is 20.3 Å². The Bertz CT molecular complexity index is 451. The van der Waals surface area contributed by atoms with E-state index in [-0.39, 0.29) is 5.56 Å². The van der Waals surface area contributed by atoms with Crippen LogP contribution in [0, 0.1) is 18.6 Å². The molecule has 0 unspecified atom stereocenters. The molecule has 0 fully saturated rings. The first-order chi connectivity index (χ1) is 8.99. The molecule has 0 saturated heterocycles. The lowest BCUT2D eigenvalue weighted by Crippen LogP contribution is -2.29. The Morgan fingerprint density at radius 3 is 2.58 bits per heavy atom. The number of nitrogens with zero attached hydrogens (tertiary/aromatic N) is 1. The van der Waals surface area contributed by atoms with Crippen LogP contribution in [-0.2, 0) is 0 Å². The first-order valence-corrected chi connectivity index (χ1v) is 7.37. The van der Waals surface area contributed by atoms with E-state index in [4.69, 9.17) is 0 Å². The van der Waals surface area contributed by atoms with Gasteiger partial charge in [-0.1, -0.05) is 28.4 Å². The van der Waals surface area contributed by atoms with Crippen LogP contribution in [0.25, 0.3) is 0 Å². The molecule has 0 aliphatic carbocycles. The van der Waals surface area contributed by atoms with Crippen molar-refractivity contribution in [3.05, 3.63) is 34.9 Å². The SMILES string of the molecule is Cc1ccc(F)c(C(=O)N(C)CCCCCBr)c1F. The highest BCUT2D eigenvalue weighted by molar-refractivity contribution is 9.09. The van der Waals surface area contributed by atoms with Gasteiger partial charge in [0.25, 0.3) is 5.91 Å². The predicted molar refractivity (Wildman–Crippen MR) is 75.7 cm³/mol. The van der Waals surface area contributed by atoms with Gasteiger partial charge in [-0.3, -0.25) is 4.79 Å². The van der Waals surface area contributed by atoms with Crippen LogP contribution in [-0.4, -0.2) is 29.7 Å².